The summed E-state index contributed by atoms with van der Waals surface area (Å²) in [4.78, 5) is 21.4. The van der Waals surface area contributed by atoms with E-state index in [0.717, 1.165) is 7.11 Å². The number of benzene rings is 1. The lowest BCUT2D eigenvalue weighted by atomic mass is 10.2. The molecule has 0 saturated carbocycles. The Morgan fingerprint density at radius 3 is 2.28 bits per heavy atom. The highest BCUT2D eigenvalue weighted by atomic mass is 32.2. The van der Waals surface area contributed by atoms with E-state index in [4.69, 9.17) is 5.11 Å². The molecule has 0 aliphatic rings. The van der Waals surface area contributed by atoms with Crippen LogP contribution in [0.2, 0.25) is 0 Å². The van der Waals surface area contributed by atoms with Gasteiger partial charge in [-0.25, -0.2) is 13.2 Å². The van der Waals surface area contributed by atoms with Crippen LogP contribution in [0, 0.1) is 0 Å². The van der Waals surface area contributed by atoms with Gasteiger partial charge in [-0.2, -0.15) is 0 Å². The fourth-order valence-corrected chi connectivity index (χ4v) is 2.11. The monoisotopic (exact) mass is 273 g/mol. The Labute approximate surface area is 103 Å². The zero-order valence-corrected chi connectivity index (χ0v) is 10.2. The minimum atomic E-state index is -3.85. The van der Waals surface area contributed by atoms with Gasteiger partial charge >= 0.3 is 11.9 Å². The molecule has 0 unspecified atom stereocenters. The highest BCUT2D eigenvalue weighted by molar-refractivity contribution is 7.93. The Bertz CT molecular complexity index is 548. The van der Waals surface area contributed by atoms with Crippen LogP contribution in [0.25, 0.3) is 0 Å². The van der Waals surface area contributed by atoms with Gasteiger partial charge in [-0.05, 0) is 24.3 Å². The van der Waals surface area contributed by atoms with Gasteiger partial charge in [0, 0.05) is 5.69 Å². The maximum atomic E-state index is 11.5. The Morgan fingerprint density at radius 2 is 1.83 bits per heavy atom. The lowest BCUT2D eigenvalue weighted by molar-refractivity contribution is -0.137. The van der Waals surface area contributed by atoms with Gasteiger partial charge < -0.3 is 9.84 Å². The summed E-state index contributed by atoms with van der Waals surface area (Å²) in [5, 5.41) is 8.66. The first kappa shape index (κ1) is 14.0. The molecule has 0 radical (unpaired) electrons. The van der Waals surface area contributed by atoms with Gasteiger partial charge in [0.15, 0.2) is 5.75 Å². The van der Waals surface area contributed by atoms with Crippen LogP contribution in [0.3, 0.4) is 0 Å². The summed E-state index contributed by atoms with van der Waals surface area (Å²) in [6.07, 6.45) is 0. The van der Waals surface area contributed by atoms with E-state index in [1.807, 2.05) is 0 Å². The normalized spacial score (nSPS) is 10.7. The Balaban J connectivity index is 2.78. The van der Waals surface area contributed by atoms with Crippen molar-refractivity contribution in [2.24, 2.45) is 0 Å². The first-order chi connectivity index (χ1) is 8.34. The fraction of sp³-hybridized carbons (Fsp3) is 0.200. The number of anilines is 1. The molecule has 18 heavy (non-hydrogen) atoms. The molecule has 0 bridgehead atoms. The molecule has 2 N–H and O–H groups in total. The van der Waals surface area contributed by atoms with E-state index in [9.17, 15) is 18.0 Å². The molecule has 0 aliphatic carbocycles. The number of nitrogens with one attached hydrogen (secondary N) is 1. The molecule has 0 saturated heterocycles. The third-order valence-corrected chi connectivity index (χ3v) is 3.10. The van der Waals surface area contributed by atoms with E-state index in [1.165, 1.54) is 24.3 Å². The zero-order valence-electron chi connectivity index (χ0n) is 9.41. The van der Waals surface area contributed by atoms with Crippen molar-refractivity contribution < 1.29 is 27.9 Å². The average Bonchev–Trinajstić information content (AvgIpc) is 2.28. The van der Waals surface area contributed by atoms with Crippen LogP contribution < -0.4 is 4.72 Å². The molecule has 0 aromatic heterocycles. The topological polar surface area (TPSA) is 110 Å². The molecular formula is C10H11NO6S. The van der Waals surface area contributed by atoms with Crippen molar-refractivity contribution in [3.8, 4) is 0 Å². The highest BCUT2D eigenvalue weighted by Gasteiger charge is 2.16. The number of carbonyl (C=O) groups excluding carboxylic acids is 1. The summed E-state index contributed by atoms with van der Waals surface area (Å²) in [5.74, 6) is -2.80. The number of carboxylic acid groups (broad SMARTS) is 1. The number of rotatable bonds is 5. The van der Waals surface area contributed by atoms with Gasteiger partial charge in [-0.1, -0.05) is 0 Å². The van der Waals surface area contributed by atoms with E-state index in [1.54, 1.807) is 0 Å². The third-order valence-electron chi connectivity index (χ3n) is 1.94. The number of sulfonamides is 1. The number of ether oxygens (including phenoxy) is 1. The van der Waals surface area contributed by atoms with Crippen LogP contribution in [0.4, 0.5) is 5.69 Å². The SMILES string of the molecule is COC(=O)CS(=O)(=O)Nc1ccc(C(=O)O)cc1. The number of hydrogen-bond acceptors (Lipinski definition) is 5. The van der Waals surface area contributed by atoms with Gasteiger partial charge in [-0.3, -0.25) is 9.52 Å². The summed E-state index contributed by atoms with van der Waals surface area (Å²) in [6, 6.07) is 5.08. The smallest absolute Gasteiger partial charge is 0.335 e. The molecular weight excluding hydrogens is 262 g/mol. The summed E-state index contributed by atoms with van der Waals surface area (Å²) in [5.41, 5.74) is 0.204. The predicted octanol–water partition coefficient (Wildman–Crippen LogP) is 0.299. The van der Waals surface area contributed by atoms with Crippen molar-refractivity contribution in [1.29, 1.82) is 0 Å². The number of carboxylic acids is 1. The lowest BCUT2D eigenvalue weighted by Crippen LogP contribution is -2.23. The Morgan fingerprint density at radius 1 is 1.28 bits per heavy atom. The first-order valence-corrected chi connectivity index (χ1v) is 6.40. The summed E-state index contributed by atoms with van der Waals surface area (Å²) in [7, 11) is -2.77. The summed E-state index contributed by atoms with van der Waals surface area (Å²) in [6.45, 7) is 0. The van der Waals surface area contributed by atoms with Gasteiger partial charge in [-0.15, -0.1) is 0 Å². The molecule has 0 amide bonds. The van der Waals surface area contributed by atoms with Crippen LogP contribution in [0.15, 0.2) is 24.3 Å². The minimum Gasteiger partial charge on any atom is -0.478 e. The minimum absolute atomic E-state index is 0.0333. The Kier molecular flexibility index (Phi) is 4.27. The van der Waals surface area contributed by atoms with E-state index in [0.29, 0.717) is 0 Å². The van der Waals surface area contributed by atoms with Crippen molar-refractivity contribution in [3.05, 3.63) is 29.8 Å². The average molecular weight is 273 g/mol. The number of carbonyl (C=O) groups is 2. The van der Waals surface area contributed by atoms with Crippen molar-refractivity contribution in [2.75, 3.05) is 17.6 Å². The molecule has 0 aliphatic heterocycles. The van der Waals surface area contributed by atoms with E-state index >= 15 is 0 Å². The van der Waals surface area contributed by atoms with Crippen LogP contribution >= 0.6 is 0 Å². The second-order valence-corrected chi connectivity index (χ2v) is 5.04. The molecule has 0 spiro atoms. The molecule has 0 fully saturated rings. The van der Waals surface area contributed by atoms with Crippen molar-refractivity contribution >= 4 is 27.6 Å². The molecule has 0 heterocycles. The fourth-order valence-electron chi connectivity index (χ4n) is 1.11. The molecule has 7 nitrogen and oxygen atoms in total. The standard InChI is InChI=1S/C10H11NO6S/c1-17-9(12)6-18(15,16)11-8-4-2-7(3-5-8)10(13)14/h2-5,11H,6H2,1H3,(H,13,14). The van der Waals surface area contributed by atoms with Crippen LogP contribution in [0.1, 0.15) is 10.4 Å². The number of aromatic carboxylic acids is 1. The van der Waals surface area contributed by atoms with Crippen molar-refractivity contribution in [2.45, 2.75) is 0 Å². The van der Waals surface area contributed by atoms with Crippen LogP contribution in [0.5, 0.6) is 0 Å². The van der Waals surface area contributed by atoms with Crippen molar-refractivity contribution in [3.63, 3.8) is 0 Å². The second kappa shape index (κ2) is 5.50. The lowest BCUT2D eigenvalue weighted by Gasteiger charge is -2.06. The number of esters is 1. The maximum Gasteiger partial charge on any atom is 0.335 e. The van der Waals surface area contributed by atoms with E-state index < -0.39 is 27.7 Å². The van der Waals surface area contributed by atoms with E-state index in [-0.39, 0.29) is 11.3 Å². The van der Waals surface area contributed by atoms with Gasteiger partial charge in [0.05, 0.1) is 12.7 Å². The predicted molar refractivity (Wildman–Crippen MR) is 62.8 cm³/mol. The third kappa shape index (κ3) is 4.06. The van der Waals surface area contributed by atoms with Crippen molar-refractivity contribution in [1.82, 2.24) is 0 Å². The maximum absolute atomic E-state index is 11.5. The summed E-state index contributed by atoms with van der Waals surface area (Å²) >= 11 is 0. The zero-order chi connectivity index (χ0) is 13.8. The van der Waals surface area contributed by atoms with Crippen LogP contribution in [-0.4, -0.2) is 38.3 Å². The number of methoxy groups -OCH3 is 1. The molecule has 98 valence electrons. The molecule has 1 rings (SSSR count). The van der Waals surface area contributed by atoms with Gasteiger partial charge in [0.2, 0.25) is 10.0 Å². The molecule has 1 aromatic rings. The largest absolute Gasteiger partial charge is 0.478 e. The van der Waals surface area contributed by atoms with E-state index in [2.05, 4.69) is 9.46 Å². The first-order valence-electron chi connectivity index (χ1n) is 4.75. The summed E-state index contributed by atoms with van der Waals surface area (Å²) < 4.78 is 29.3. The molecule has 1 aromatic carbocycles. The number of hydrogen-bond donors (Lipinski definition) is 2. The molecule has 0 atom stereocenters. The second-order valence-electron chi connectivity index (χ2n) is 3.32. The quantitative estimate of drug-likeness (QED) is 0.747. The molecule has 8 heteroatoms. The Hall–Kier alpha value is -2.09. The van der Waals surface area contributed by atoms with Gasteiger partial charge in [0.1, 0.15) is 0 Å². The van der Waals surface area contributed by atoms with Crippen LogP contribution in [-0.2, 0) is 19.6 Å². The van der Waals surface area contributed by atoms with Gasteiger partial charge in [0.25, 0.3) is 0 Å². The highest BCUT2D eigenvalue weighted by Crippen LogP contribution is 2.11.